The van der Waals surface area contributed by atoms with Gasteiger partial charge in [-0.3, -0.25) is 4.79 Å². The third-order valence-electron chi connectivity index (χ3n) is 4.37. The van der Waals surface area contributed by atoms with Crippen LogP contribution >= 0.6 is 12.4 Å². The summed E-state index contributed by atoms with van der Waals surface area (Å²) in [7, 11) is -0.663. The number of hydrogen-bond acceptors (Lipinski definition) is 5. The third-order valence-corrected chi connectivity index (χ3v) is 6.18. The van der Waals surface area contributed by atoms with Crippen molar-refractivity contribution in [3.8, 4) is 5.75 Å². The molecular weight excluding hydrogens is 378 g/mol. The van der Waals surface area contributed by atoms with Crippen molar-refractivity contribution in [1.29, 1.82) is 0 Å². The smallest absolute Gasteiger partial charge is 0.242 e. The summed E-state index contributed by atoms with van der Waals surface area (Å²) in [6.45, 7) is 2.24. The Labute approximate surface area is 161 Å². The van der Waals surface area contributed by atoms with Crippen LogP contribution in [-0.2, 0) is 14.8 Å². The van der Waals surface area contributed by atoms with Crippen molar-refractivity contribution in [2.45, 2.75) is 43.5 Å². The van der Waals surface area contributed by atoms with Crippen molar-refractivity contribution < 1.29 is 17.9 Å². The first-order valence-corrected chi connectivity index (χ1v) is 9.95. The van der Waals surface area contributed by atoms with Gasteiger partial charge in [0.2, 0.25) is 15.9 Å². The summed E-state index contributed by atoms with van der Waals surface area (Å²) in [6.07, 6.45) is 3.29. The van der Waals surface area contributed by atoms with E-state index in [1.807, 2.05) is 6.92 Å². The molecule has 7 nitrogen and oxygen atoms in total. The Bertz CT molecular complexity index is 725. The number of carbonyl (C=O) groups is 1. The molecule has 0 aliphatic heterocycles. The lowest BCUT2D eigenvalue weighted by atomic mass is 9.85. The number of halogens is 1. The van der Waals surface area contributed by atoms with E-state index in [-0.39, 0.29) is 35.2 Å². The largest absolute Gasteiger partial charge is 0.492 e. The summed E-state index contributed by atoms with van der Waals surface area (Å²) in [6, 6.07) is 4.53. The van der Waals surface area contributed by atoms with E-state index in [0.29, 0.717) is 24.5 Å². The van der Waals surface area contributed by atoms with Gasteiger partial charge in [-0.25, -0.2) is 12.7 Å². The van der Waals surface area contributed by atoms with E-state index in [1.165, 1.54) is 26.2 Å². The number of amides is 1. The molecule has 0 radical (unpaired) electrons. The van der Waals surface area contributed by atoms with Crippen LogP contribution in [0, 0.1) is 5.92 Å². The Morgan fingerprint density at radius 1 is 1.35 bits per heavy atom. The van der Waals surface area contributed by atoms with E-state index in [1.54, 1.807) is 6.07 Å². The van der Waals surface area contributed by atoms with Crippen LogP contribution in [0.3, 0.4) is 0 Å². The minimum Gasteiger partial charge on any atom is -0.492 e. The Hall–Kier alpha value is -1.35. The number of anilines is 1. The maximum absolute atomic E-state index is 12.6. The van der Waals surface area contributed by atoms with Crippen molar-refractivity contribution >= 4 is 34.0 Å². The van der Waals surface area contributed by atoms with Gasteiger partial charge in [0, 0.05) is 26.1 Å². The molecule has 0 spiro atoms. The quantitative estimate of drug-likeness (QED) is 0.755. The first-order chi connectivity index (χ1) is 11.8. The predicted molar refractivity (Wildman–Crippen MR) is 104 cm³/mol. The molecule has 2 atom stereocenters. The van der Waals surface area contributed by atoms with Gasteiger partial charge in [0.1, 0.15) is 5.75 Å². The van der Waals surface area contributed by atoms with Crippen molar-refractivity contribution in [2.75, 3.05) is 26.0 Å². The van der Waals surface area contributed by atoms with Gasteiger partial charge < -0.3 is 15.8 Å². The van der Waals surface area contributed by atoms with E-state index in [9.17, 15) is 13.2 Å². The number of sulfonamides is 1. The fourth-order valence-corrected chi connectivity index (χ4v) is 3.89. The summed E-state index contributed by atoms with van der Waals surface area (Å²) in [4.78, 5) is 12.7. The number of nitrogens with zero attached hydrogens (tertiary/aromatic N) is 1. The molecule has 1 aliphatic carbocycles. The molecule has 3 N–H and O–H groups in total. The van der Waals surface area contributed by atoms with Crippen LogP contribution in [0.4, 0.5) is 5.69 Å². The molecule has 1 fully saturated rings. The highest BCUT2D eigenvalue weighted by molar-refractivity contribution is 7.89. The second-order valence-electron chi connectivity index (χ2n) is 6.49. The molecule has 1 amide bonds. The maximum atomic E-state index is 12.6. The molecule has 148 valence electrons. The summed E-state index contributed by atoms with van der Waals surface area (Å²) < 4.78 is 31.3. The predicted octanol–water partition coefficient (Wildman–Crippen LogP) is 2.21. The molecule has 26 heavy (non-hydrogen) atoms. The molecular formula is C17H28ClN3O4S. The summed E-state index contributed by atoms with van der Waals surface area (Å²) in [5, 5.41) is 2.83. The fourth-order valence-electron chi connectivity index (χ4n) is 2.96. The standard InChI is InChI=1S/C17H27N3O4S.ClH/c1-4-24-16-9-8-14(25(22,23)20(2)3)11-15(16)19-17(21)12-6-5-7-13(18)10-12;/h8-9,11-13H,4-7,10,18H2,1-3H3,(H,19,21);1H. The lowest BCUT2D eigenvalue weighted by molar-refractivity contribution is -0.120. The normalized spacial score (nSPS) is 20.3. The first-order valence-electron chi connectivity index (χ1n) is 8.51. The van der Waals surface area contributed by atoms with E-state index in [4.69, 9.17) is 10.5 Å². The van der Waals surface area contributed by atoms with Gasteiger partial charge in [-0.1, -0.05) is 6.42 Å². The molecule has 0 saturated heterocycles. The fraction of sp³-hybridized carbons (Fsp3) is 0.588. The summed E-state index contributed by atoms with van der Waals surface area (Å²) in [5.41, 5.74) is 6.33. The Balaban J connectivity index is 0.00000338. The topological polar surface area (TPSA) is 102 Å². The molecule has 9 heteroatoms. The Morgan fingerprint density at radius 3 is 2.62 bits per heavy atom. The van der Waals surface area contributed by atoms with Crippen LogP contribution in [0.15, 0.2) is 23.1 Å². The lowest BCUT2D eigenvalue weighted by Crippen LogP contribution is -2.34. The SMILES string of the molecule is CCOc1ccc(S(=O)(=O)N(C)C)cc1NC(=O)C1CCCC(N)C1.Cl. The second-order valence-corrected chi connectivity index (χ2v) is 8.64. The highest BCUT2D eigenvalue weighted by Crippen LogP contribution is 2.31. The monoisotopic (exact) mass is 405 g/mol. The Morgan fingerprint density at radius 2 is 2.04 bits per heavy atom. The molecule has 2 rings (SSSR count). The van der Waals surface area contributed by atoms with Crippen molar-refractivity contribution in [3.05, 3.63) is 18.2 Å². The van der Waals surface area contributed by atoms with Crippen LogP contribution < -0.4 is 15.8 Å². The minimum absolute atomic E-state index is 0. The van der Waals surface area contributed by atoms with Crippen LogP contribution in [0.2, 0.25) is 0 Å². The highest BCUT2D eigenvalue weighted by atomic mass is 35.5. The zero-order chi connectivity index (χ0) is 18.6. The van der Waals surface area contributed by atoms with E-state index >= 15 is 0 Å². The third kappa shape index (κ3) is 5.33. The minimum atomic E-state index is -3.59. The van der Waals surface area contributed by atoms with Crippen LogP contribution in [0.1, 0.15) is 32.6 Å². The molecule has 0 bridgehead atoms. The number of hydrogen-bond donors (Lipinski definition) is 2. The van der Waals surface area contributed by atoms with Crippen LogP contribution in [0.25, 0.3) is 0 Å². The van der Waals surface area contributed by atoms with Gasteiger partial charge in [0.15, 0.2) is 0 Å². The Kier molecular flexibility index (Phi) is 8.33. The number of nitrogens with two attached hydrogens (primary N) is 1. The molecule has 1 saturated carbocycles. The van der Waals surface area contributed by atoms with E-state index in [2.05, 4.69) is 5.32 Å². The maximum Gasteiger partial charge on any atom is 0.242 e. The van der Waals surface area contributed by atoms with Crippen molar-refractivity contribution in [3.63, 3.8) is 0 Å². The van der Waals surface area contributed by atoms with E-state index < -0.39 is 10.0 Å². The van der Waals surface area contributed by atoms with Gasteiger partial charge in [0.25, 0.3) is 0 Å². The second kappa shape index (κ2) is 9.55. The van der Waals surface area contributed by atoms with Crippen molar-refractivity contribution in [2.24, 2.45) is 11.7 Å². The van der Waals surface area contributed by atoms with Crippen LogP contribution in [-0.4, -0.2) is 45.4 Å². The number of carbonyl (C=O) groups excluding carboxylic acids is 1. The molecule has 1 aromatic rings. The summed E-state index contributed by atoms with van der Waals surface area (Å²) >= 11 is 0. The molecule has 2 unspecified atom stereocenters. The molecule has 1 aromatic carbocycles. The van der Waals surface area contributed by atoms with Crippen LogP contribution in [0.5, 0.6) is 5.75 Å². The first kappa shape index (κ1) is 22.7. The number of nitrogens with one attached hydrogen (secondary N) is 1. The van der Waals surface area contributed by atoms with Gasteiger partial charge in [-0.05, 0) is 44.4 Å². The summed E-state index contributed by atoms with van der Waals surface area (Å²) in [5.74, 6) is 0.150. The molecule has 0 aromatic heterocycles. The van der Waals surface area contributed by atoms with E-state index in [0.717, 1.165) is 23.6 Å². The highest BCUT2D eigenvalue weighted by Gasteiger charge is 2.27. The number of benzene rings is 1. The number of ether oxygens (including phenoxy) is 1. The molecule has 0 heterocycles. The molecule has 1 aliphatic rings. The van der Waals surface area contributed by atoms with Gasteiger partial charge in [-0.2, -0.15) is 0 Å². The average Bonchev–Trinajstić information content (AvgIpc) is 2.56. The number of rotatable bonds is 6. The lowest BCUT2D eigenvalue weighted by Gasteiger charge is -2.26. The van der Waals surface area contributed by atoms with Crippen molar-refractivity contribution in [1.82, 2.24) is 4.31 Å². The van der Waals surface area contributed by atoms with Gasteiger partial charge in [-0.15, -0.1) is 12.4 Å². The zero-order valence-corrected chi connectivity index (χ0v) is 17.0. The van der Waals surface area contributed by atoms with Gasteiger partial charge >= 0.3 is 0 Å². The van der Waals surface area contributed by atoms with Gasteiger partial charge in [0.05, 0.1) is 17.2 Å². The average molecular weight is 406 g/mol. The zero-order valence-electron chi connectivity index (χ0n) is 15.4.